The van der Waals surface area contributed by atoms with E-state index in [2.05, 4.69) is 20.2 Å². The molecule has 1 unspecified atom stereocenters. The summed E-state index contributed by atoms with van der Waals surface area (Å²) in [5.74, 6) is -1.47. The molecule has 196 valence electrons. The van der Waals surface area contributed by atoms with Crippen molar-refractivity contribution in [1.29, 1.82) is 0 Å². The maximum absolute atomic E-state index is 14.8. The van der Waals surface area contributed by atoms with Crippen molar-refractivity contribution in [1.82, 2.24) is 20.2 Å². The van der Waals surface area contributed by atoms with Crippen molar-refractivity contribution < 1.29 is 27.5 Å². The van der Waals surface area contributed by atoms with Crippen LogP contribution in [-0.4, -0.2) is 64.6 Å². The van der Waals surface area contributed by atoms with E-state index in [-0.39, 0.29) is 30.0 Å². The molecule has 0 spiro atoms. The summed E-state index contributed by atoms with van der Waals surface area (Å²) in [6.07, 6.45) is -3.26. The number of anilines is 1. The van der Waals surface area contributed by atoms with Crippen LogP contribution >= 0.6 is 0 Å². The number of fused-ring (bicyclic) bond motifs is 1. The number of carbonyl (C=O) groups is 1. The number of alkyl halides is 3. The van der Waals surface area contributed by atoms with E-state index in [4.69, 9.17) is 0 Å². The Kier molecular flexibility index (Phi) is 7.51. The zero-order valence-electron chi connectivity index (χ0n) is 20.5. The molecular formula is C25H31F4N5O2. The summed E-state index contributed by atoms with van der Waals surface area (Å²) >= 11 is 0. The van der Waals surface area contributed by atoms with E-state index in [1.807, 2.05) is 20.8 Å². The van der Waals surface area contributed by atoms with E-state index in [0.717, 1.165) is 23.5 Å². The fraction of sp³-hybridized carbons (Fsp3) is 0.560. The summed E-state index contributed by atoms with van der Waals surface area (Å²) < 4.78 is 53.9. The topological polar surface area (TPSA) is 81.6 Å². The third-order valence-corrected chi connectivity index (χ3v) is 6.90. The standard InChI is InChI=1S/C25H31F4N5O2/c1-14(2)30-12-18(17-5-4-16(11-19(17)26)25(27,28)29)24(36)34-8-6-33(7-9-34)23-21-15(3)10-20(35)22(21)31-13-32-23/h4-5,11,13-15,18,20,30,35H,6-10,12H2,1-3H3/t15-,18?,20-/m1/s1. The lowest BCUT2D eigenvalue weighted by Gasteiger charge is -2.38. The summed E-state index contributed by atoms with van der Waals surface area (Å²) in [7, 11) is 0. The number of aliphatic hydroxyl groups is 1. The molecule has 7 nitrogen and oxygen atoms in total. The molecule has 11 heteroatoms. The molecule has 1 aliphatic heterocycles. The minimum absolute atomic E-state index is 0.00635. The number of nitrogens with zero attached hydrogens (tertiary/aromatic N) is 4. The Hall–Kier alpha value is -2.79. The first kappa shape index (κ1) is 26.3. The normalized spacial score (nSPS) is 21.1. The van der Waals surface area contributed by atoms with Gasteiger partial charge in [-0.3, -0.25) is 4.79 Å². The van der Waals surface area contributed by atoms with E-state index in [9.17, 15) is 27.5 Å². The lowest BCUT2D eigenvalue weighted by molar-refractivity contribution is -0.137. The van der Waals surface area contributed by atoms with Crippen LogP contribution in [0.15, 0.2) is 24.5 Å². The predicted molar refractivity (Wildman–Crippen MR) is 126 cm³/mol. The maximum atomic E-state index is 14.8. The van der Waals surface area contributed by atoms with Crippen LogP contribution in [0.1, 0.15) is 67.5 Å². The molecule has 1 fully saturated rings. The average molecular weight is 510 g/mol. The second kappa shape index (κ2) is 10.3. The Labute approximate surface area is 207 Å². The van der Waals surface area contributed by atoms with Crippen LogP contribution in [0.4, 0.5) is 23.4 Å². The molecule has 3 atom stereocenters. The van der Waals surface area contributed by atoms with Gasteiger partial charge in [0, 0.05) is 49.9 Å². The van der Waals surface area contributed by atoms with Crippen LogP contribution in [0.2, 0.25) is 0 Å². The second-order valence-corrected chi connectivity index (χ2v) is 9.81. The van der Waals surface area contributed by atoms with Gasteiger partial charge in [-0.25, -0.2) is 14.4 Å². The van der Waals surface area contributed by atoms with Gasteiger partial charge in [0.2, 0.25) is 5.91 Å². The Morgan fingerprint density at radius 1 is 1.19 bits per heavy atom. The van der Waals surface area contributed by atoms with E-state index in [0.29, 0.717) is 44.4 Å². The number of aliphatic hydroxyl groups excluding tert-OH is 1. The molecule has 4 rings (SSSR count). The van der Waals surface area contributed by atoms with Crippen molar-refractivity contribution in [2.45, 2.75) is 57.3 Å². The van der Waals surface area contributed by atoms with Crippen LogP contribution in [0.5, 0.6) is 0 Å². The Balaban J connectivity index is 1.51. The molecule has 1 aliphatic carbocycles. The first-order valence-corrected chi connectivity index (χ1v) is 12.1. The number of nitrogens with one attached hydrogen (secondary N) is 1. The lowest BCUT2D eigenvalue weighted by atomic mass is 9.94. The van der Waals surface area contributed by atoms with E-state index >= 15 is 0 Å². The van der Waals surface area contributed by atoms with Crippen LogP contribution in [0.3, 0.4) is 0 Å². The molecular weight excluding hydrogens is 478 g/mol. The maximum Gasteiger partial charge on any atom is 0.416 e. The van der Waals surface area contributed by atoms with Crippen molar-refractivity contribution in [3.8, 4) is 0 Å². The molecule has 0 bridgehead atoms. The van der Waals surface area contributed by atoms with Gasteiger partial charge in [-0.15, -0.1) is 0 Å². The molecule has 1 saturated heterocycles. The zero-order valence-corrected chi connectivity index (χ0v) is 20.5. The number of rotatable bonds is 6. The van der Waals surface area contributed by atoms with Gasteiger partial charge in [-0.2, -0.15) is 13.2 Å². The summed E-state index contributed by atoms with van der Waals surface area (Å²) in [6, 6.07) is 2.34. The molecule has 1 aromatic heterocycles. The number of aromatic nitrogens is 2. The number of hydrogen-bond acceptors (Lipinski definition) is 6. The summed E-state index contributed by atoms with van der Waals surface area (Å²) in [5.41, 5.74) is 0.427. The molecule has 1 amide bonds. The lowest BCUT2D eigenvalue weighted by Crippen LogP contribution is -2.51. The minimum atomic E-state index is -4.67. The van der Waals surface area contributed by atoms with E-state index in [1.165, 1.54) is 6.33 Å². The monoisotopic (exact) mass is 509 g/mol. The number of piperazine rings is 1. The molecule has 2 N–H and O–H groups in total. The highest BCUT2D eigenvalue weighted by atomic mass is 19.4. The fourth-order valence-electron chi connectivity index (χ4n) is 4.98. The Morgan fingerprint density at radius 3 is 2.50 bits per heavy atom. The number of halogens is 4. The third-order valence-electron chi connectivity index (χ3n) is 6.90. The highest BCUT2D eigenvalue weighted by Gasteiger charge is 2.36. The minimum Gasteiger partial charge on any atom is -0.387 e. The third kappa shape index (κ3) is 5.31. The molecule has 2 aliphatic rings. The smallest absolute Gasteiger partial charge is 0.387 e. The Bertz CT molecular complexity index is 1100. The van der Waals surface area contributed by atoms with Crippen molar-refractivity contribution in [3.05, 3.63) is 52.7 Å². The van der Waals surface area contributed by atoms with Crippen LogP contribution in [0, 0.1) is 5.82 Å². The van der Waals surface area contributed by atoms with E-state index < -0.39 is 29.6 Å². The fourth-order valence-corrected chi connectivity index (χ4v) is 4.98. The van der Waals surface area contributed by atoms with Crippen molar-refractivity contribution in [3.63, 3.8) is 0 Å². The number of carbonyl (C=O) groups excluding carboxylic acids is 1. The molecule has 0 radical (unpaired) electrons. The number of hydrogen-bond donors (Lipinski definition) is 2. The first-order chi connectivity index (χ1) is 17.0. The second-order valence-electron chi connectivity index (χ2n) is 9.81. The van der Waals surface area contributed by atoms with E-state index in [1.54, 1.807) is 4.90 Å². The van der Waals surface area contributed by atoms with Crippen molar-refractivity contribution in [2.75, 3.05) is 37.6 Å². The van der Waals surface area contributed by atoms with Gasteiger partial charge in [0.25, 0.3) is 0 Å². The molecule has 2 aromatic rings. The van der Waals surface area contributed by atoms with Crippen LogP contribution in [-0.2, 0) is 11.0 Å². The highest BCUT2D eigenvalue weighted by Crippen LogP contribution is 2.43. The van der Waals surface area contributed by atoms with Gasteiger partial charge in [0.1, 0.15) is 18.0 Å². The number of benzene rings is 1. The summed E-state index contributed by atoms with van der Waals surface area (Å²) in [6.45, 7) is 7.56. The van der Waals surface area contributed by atoms with Crippen molar-refractivity contribution >= 4 is 11.7 Å². The van der Waals surface area contributed by atoms with Gasteiger partial charge >= 0.3 is 6.18 Å². The summed E-state index contributed by atoms with van der Waals surface area (Å²) in [5, 5.41) is 13.4. The van der Waals surface area contributed by atoms with Crippen LogP contribution in [0.25, 0.3) is 0 Å². The molecule has 2 heterocycles. The van der Waals surface area contributed by atoms with Gasteiger partial charge in [-0.05, 0) is 24.5 Å². The van der Waals surface area contributed by atoms with Crippen molar-refractivity contribution in [2.24, 2.45) is 0 Å². The quantitative estimate of drug-likeness (QED) is 0.580. The predicted octanol–water partition coefficient (Wildman–Crippen LogP) is 3.61. The largest absolute Gasteiger partial charge is 0.416 e. The van der Waals surface area contributed by atoms with Gasteiger partial charge < -0.3 is 20.2 Å². The zero-order chi connectivity index (χ0) is 26.2. The summed E-state index contributed by atoms with van der Waals surface area (Å²) in [4.78, 5) is 25.9. The van der Waals surface area contributed by atoms with Gasteiger partial charge in [0.05, 0.1) is 23.3 Å². The van der Waals surface area contributed by atoms with Crippen LogP contribution < -0.4 is 10.2 Å². The first-order valence-electron chi connectivity index (χ1n) is 12.1. The average Bonchev–Trinajstić information content (AvgIpc) is 3.12. The number of amides is 1. The SMILES string of the molecule is CC(C)NCC(C(=O)N1CCN(c2ncnc3c2[C@H](C)C[C@H]3O)CC1)c1ccc(C(F)(F)F)cc1F. The Morgan fingerprint density at radius 2 is 1.89 bits per heavy atom. The molecule has 1 aromatic carbocycles. The van der Waals surface area contributed by atoms with Gasteiger partial charge in [-0.1, -0.05) is 26.8 Å². The van der Waals surface area contributed by atoms with Gasteiger partial charge in [0.15, 0.2) is 0 Å². The molecule has 36 heavy (non-hydrogen) atoms. The molecule has 0 saturated carbocycles. The highest BCUT2D eigenvalue weighted by molar-refractivity contribution is 5.84.